The van der Waals surface area contributed by atoms with E-state index in [-0.39, 0.29) is 36.0 Å². The molecule has 0 radical (unpaired) electrons. The summed E-state index contributed by atoms with van der Waals surface area (Å²) in [6.07, 6.45) is 1.37. The van der Waals surface area contributed by atoms with Gasteiger partial charge in [0, 0.05) is 17.9 Å². The highest BCUT2D eigenvalue weighted by Gasteiger charge is 2.54. The van der Waals surface area contributed by atoms with Gasteiger partial charge in [0.2, 0.25) is 11.8 Å². The number of aromatic nitrogens is 2. The predicted octanol–water partition coefficient (Wildman–Crippen LogP) is 6.43. The van der Waals surface area contributed by atoms with Gasteiger partial charge in [-0.15, -0.1) is 0 Å². The molecule has 1 saturated heterocycles. The Morgan fingerprint density at radius 1 is 1.18 bits per heavy atom. The molecule has 270 valence electrons. The number of nitrogens with zero attached hydrogens (tertiary/aromatic N) is 3. The van der Waals surface area contributed by atoms with Crippen molar-refractivity contribution in [2.45, 2.75) is 104 Å². The molecule has 1 saturated carbocycles. The summed E-state index contributed by atoms with van der Waals surface area (Å²) >= 11 is 0. The van der Waals surface area contributed by atoms with Crippen molar-refractivity contribution in [3.05, 3.63) is 36.5 Å². The molecule has 4 rings (SSSR count). The first-order chi connectivity index (χ1) is 22.8. The number of rotatable bonds is 13. The van der Waals surface area contributed by atoms with E-state index in [0.717, 1.165) is 19.3 Å². The van der Waals surface area contributed by atoms with Crippen molar-refractivity contribution in [3.63, 3.8) is 0 Å². The molecule has 2 aromatic rings. The topological polar surface area (TPSA) is 129 Å². The van der Waals surface area contributed by atoms with Gasteiger partial charge < -0.3 is 29.2 Å². The van der Waals surface area contributed by atoms with Gasteiger partial charge in [-0.05, 0) is 49.3 Å². The lowest BCUT2D eigenvalue weighted by Crippen LogP contribution is -2.57. The zero-order valence-corrected chi connectivity index (χ0v) is 30.0. The second-order valence-electron chi connectivity index (χ2n) is 14.9. The van der Waals surface area contributed by atoms with Crippen LogP contribution in [0.2, 0.25) is 0 Å². The van der Waals surface area contributed by atoms with Crippen LogP contribution in [-0.2, 0) is 25.0 Å². The van der Waals surface area contributed by atoms with E-state index in [9.17, 15) is 14.4 Å². The van der Waals surface area contributed by atoms with Gasteiger partial charge in [0.15, 0.2) is 5.69 Å². The number of allylic oxidation sites excluding steroid dienone is 1. The van der Waals surface area contributed by atoms with E-state index >= 15 is 8.78 Å². The molecular formula is C36H50F2N4O7. The van der Waals surface area contributed by atoms with Crippen LogP contribution in [0.5, 0.6) is 11.6 Å². The SMILES string of the molecule is C=CC(F)(F)c1nc2ccc(OC)cc2nc1O[C@H]1CN(C(=O)[C@@H](NC(=O)OC2(C)CC2CCC)C(C)(C)C)[C@H](C(=O)OCC(C)C)[C@@H]1C. The third kappa shape index (κ3) is 8.41. The molecule has 2 fully saturated rings. The number of likely N-dealkylation sites (tertiary alicyclic amines) is 1. The van der Waals surface area contributed by atoms with Gasteiger partial charge in [-0.1, -0.05) is 61.5 Å². The molecule has 1 aliphatic heterocycles. The van der Waals surface area contributed by atoms with Crippen LogP contribution in [0.4, 0.5) is 13.6 Å². The highest BCUT2D eigenvalue weighted by molar-refractivity contribution is 5.91. The minimum Gasteiger partial charge on any atom is -0.497 e. The monoisotopic (exact) mass is 688 g/mol. The Kier molecular flexibility index (Phi) is 11.1. The lowest BCUT2D eigenvalue weighted by Gasteiger charge is -2.35. The number of hydrogen-bond donors (Lipinski definition) is 1. The van der Waals surface area contributed by atoms with E-state index in [1.54, 1.807) is 33.8 Å². The number of halogens is 2. The normalized spacial score (nSPS) is 24.4. The van der Waals surface area contributed by atoms with Crippen molar-refractivity contribution in [2.24, 2.45) is 23.2 Å². The number of amides is 2. The second kappa shape index (κ2) is 14.4. The van der Waals surface area contributed by atoms with Gasteiger partial charge in [-0.3, -0.25) is 4.79 Å². The van der Waals surface area contributed by atoms with Crippen LogP contribution in [0.15, 0.2) is 30.9 Å². The van der Waals surface area contributed by atoms with Crippen LogP contribution in [0.25, 0.3) is 11.0 Å². The molecule has 2 amide bonds. The summed E-state index contributed by atoms with van der Waals surface area (Å²) in [4.78, 5) is 51.1. The molecule has 2 heterocycles. The summed E-state index contributed by atoms with van der Waals surface area (Å²) in [5.41, 5.74) is -1.75. The Morgan fingerprint density at radius 2 is 1.88 bits per heavy atom. The largest absolute Gasteiger partial charge is 0.497 e. The van der Waals surface area contributed by atoms with Crippen molar-refractivity contribution in [1.29, 1.82) is 0 Å². The van der Waals surface area contributed by atoms with Crippen molar-refractivity contribution < 1.29 is 42.1 Å². The van der Waals surface area contributed by atoms with Crippen LogP contribution in [-0.4, -0.2) is 76.9 Å². The van der Waals surface area contributed by atoms with Crippen LogP contribution in [0.3, 0.4) is 0 Å². The van der Waals surface area contributed by atoms with E-state index in [0.29, 0.717) is 11.8 Å². The van der Waals surface area contributed by atoms with Crippen molar-refractivity contribution in [3.8, 4) is 11.6 Å². The number of fused-ring (bicyclic) bond motifs is 1. The fraction of sp³-hybridized carbons (Fsp3) is 0.639. The van der Waals surface area contributed by atoms with Crippen LogP contribution in [0.1, 0.15) is 80.3 Å². The van der Waals surface area contributed by atoms with Gasteiger partial charge in [-0.2, -0.15) is 8.78 Å². The number of ether oxygens (including phenoxy) is 4. The molecular weight excluding hydrogens is 638 g/mol. The molecule has 0 spiro atoms. The fourth-order valence-electron chi connectivity index (χ4n) is 6.18. The molecule has 49 heavy (non-hydrogen) atoms. The molecule has 1 aromatic carbocycles. The highest BCUT2D eigenvalue weighted by atomic mass is 19.3. The number of carbonyl (C=O) groups excluding carboxylic acids is 3. The Morgan fingerprint density at radius 3 is 2.47 bits per heavy atom. The zero-order chi connectivity index (χ0) is 36.5. The third-order valence-corrected chi connectivity index (χ3v) is 9.25. The Bertz CT molecular complexity index is 1560. The summed E-state index contributed by atoms with van der Waals surface area (Å²) in [7, 11) is 1.46. The van der Waals surface area contributed by atoms with Crippen molar-refractivity contribution >= 4 is 29.0 Å². The lowest BCUT2D eigenvalue weighted by atomic mass is 9.85. The third-order valence-electron chi connectivity index (χ3n) is 9.25. The smallest absolute Gasteiger partial charge is 0.408 e. The molecule has 1 aromatic heterocycles. The molecule has 0 bridgehead atoms. The number of esters is 1. The Hall–Kier alpha value is -4.03. The standard InChI is InChI=1S/C36H50F2N4O7/c1-11-13-22-17-35(22,9)49-33(45)41-29(34(6,7)8)31(43)42-18-26(21(5)27(42)32(44)47-19-20(3)4)48-30-28(36(37,38)12-2)39-24-15-14-23(46-10)16-25(24)40-30/h12,14-16,20-22,26-27,29H,2,11,13,17-19H2,1,3-10H3,(H,41,45)/t21-,22?,26+,27+,29-,35?/m1/s1. The average Bonchev–Trinajstić information content (AvgIpc) is 3.54. The molecule has 13 heteroatoms. The minimum atomic E-state index is -3.61. The molecule has 2 unspecified atom stereocenters. The highest BCUT2D eigenvalue weighted by Crippen LogP contribution is 2.49. The number of benzene rings is 1. The van der Waals surface area contributed by atoms with Crippen molar-refractivity contribution in [2.75, 3.05) is 20.3 Å². The Labute approximate surface area is 287 Å². The average molecular weight is 689 g/mol. The summed E-state index contributed by atoms with van der Waals surface area (Å²) in [5, 5.41) is 2.76. The van der Waals surface area contributed by atoms with Gasteiger partial charge >= 0.3 is 18.0 Å². The van der Waals surface area contributed by atoms with Crippen molar-refractivity contribution in [1.82, 2.24) is 20.2 Å². The quantitative estimate of drug-likeness (QED) is 0.187. The van der Waals surface area contributed by atoms with Crippen LogP contribution in [0, 0.1) is 23.2 Å². The molecule has 1 N–H and O–H groups in total. The Balaban J connectivity index is 1.68. The summed E-state index contributed by atoms with van der Waals surface area (Å²) in [6, 6.07) is 2.37. The minimum absolute atomic E-state index is 0.0181. The molecule has 11 nitrogen and oxygen atoms in total. The first-order valence-electron chi connectivity index (χ1n) is 16.9. The van der Waals surface area contributed by atoms with E-state index in [1.807, 2.05) is 20.8 Å². The number of nitrogens with one attached hydrogen (secondary N) is 1. The number of alkyl halides is 2. The van der Waals surface area contributed by atoms with E-state index in [2.05, 4.69) is 28.8 Å². The zero-order valence-electron chi connectivity index (χ0n) is 30.0. The predicted molar refractivity (Wildman–Crippen MR) is 179 cm³/mol. The maximum atomic E-state index is 15.2. The first-order valence-corrected chi connectivity index (χ1v) is 16.9. The number of hydrogen-bond acceptors (Lipinski definition) is 9. The van der Waals surface area contributed by atoms with Crippen LogP contribution >= 0.6 is 0 Å². The first kappa shape index (κ1) is 37.8. The molecule has 1 aliphatic carbocycles. The van der Waals surface area contributed by atoms with Gasteiger partial charge in [0.25, 0.3) is 0 Å². The van der Waals surface area contributed by atoms with E-state index < -0.39 is 70.6 Å². The summed E-state index contributed by atoms with van der Waals surface area (Å²) in [6.45, 7) is 17.9. The number of methoxy groups -OCH3 is 1. The summed E-state index contributed by atoms with van der Waals surface area (Å²) < 4.78 is 53.2. The number of carbonyl (C=O) groups is 3. The van der Waals surface area contributed by atoms with E-state index in [1.165, 1.54) is 24.1 Å². The molecule has 6 atom stereocenters. The maximum Gasteiger partial charge on any atom is 0.408 e. The van der Waals surface area contributed by atoms with Gasteiger partial charge in [0.05, 0.1) is 31.3 Å². The fourth-order valence-corrected chi connectivity index (χ4v) is 6.18. The number of alkyl carbamates (subject to hydrolysis) is 1. The lowest BCUT2D eigenvalue weighted by molar-refractivity contribution is -0.156. The van der Waals surface area contributed by atoms with Crippen LogP contribution < -0.4 is 14.8 Å². The summed E-state index contributed by atoms with van der Waals surface area (Å²) in [5.74, 6) is -5.35. The molecule has 2 aliphatic rings. The second-order valence-corrected chi connectivity index (χ2v) is 14.9. The van der Waals surface area contributed by atoms with Gasteiger partial charge in [0.1, 0.15) is 29.5 Å². The van der Waals surface area contributed by atoms with Gasteiger partial charge in [-0.25, -0.2) is 19.6 Å². The van der Waals surface area contributed by atoms with E-state index in [4.69, 9.17) is 18.9 Å². The maximum absolute atomic E-state index is 15.2.